The van der Waals surface area contributed by atoms with Crippen molar-refractivity contribution in [3.63, 3.8) is 0 Å². The third-order valence-corrected chi connectivity index (χ3v) is 9.50. The summed E-state index contributed by atoms with van der Waals surface area (Å²) in [7, 11) is 4.40. The van der Waals surface area contributed by atoms with Crippen molar-refractivity contribution in [3.05, 3.63) is 95.7 Å². The van der Waals surface area contributed by atoms with Gasteiger partial charge in [0.05, 0.1) is 36.7 Å². The summed E-state index contributed by atoms with van der Waals surface area (Å²) in [5, 5.41) is 33.0. The van der Waals surface area contributed by atoms with Crippen LogP contribution in [0.4, 0.5) is 0 Å². The number of nitrogens with zero attached hydrogens (tertiary/aromatic N) is 3. The van der Waals surface area contributed by atoms with Crippen molar-refractivity contribution < 1.29 is 34.5 Å². The Hall–Kier alpha value is -6.13. The molecule has 0 unspecified atom stereocenters. The number of hydrogen-bond donors (Lipinski definition) is 7. The van der Waals surface area contributed by atoms with Gasteiger partial charge in [-0.3, -0.25) is 33.6 Å². The highest BCUT2D eigenvalue weighted by molar-refractivity contribution is 5.88. The van der Waals surface area contributed by atoms with Gasteiger partial charge in [-0.2, -0.15) is 0 Å². The average molecular weight is 752 g/mol. The summed E-state index contributed by atoms with van der Waals surface area (Å²) in [6, 6.07) is 0. The zero-order chi connectivity index (χ0) is 40.5. The number of aromatic amines is 3. The number of aromatic nitrogens is 3. The molecule has 3 heterocycles. The molecule has 3 aromatic heterocycles. The quantitative estimate of drug-likeness (QED) is 0.0978. The highest BCUT2D eigenvalue weighted by atomic mass is 16.3. The number of pyridine rings is 3. The third kappa shape index (κ3) is 10.5. The maximum atomic E-state index is 13.4. The van der Waals surface area contributed by atoms with E-state index >= 15 is 0 Å². The van der Waals surface area contributed by atoms with Gasteiger partial charge in [0, 0.05) is 81.2 Å². The molecule has 3 rings (SSSR count). The van der Waals surface area contributed by atoms with Gasteiger partial charge in [0.25, 0.3) is 0 Å². The number of amides is 4. The molecular weight excluding hydrogens is 702 g/mol. The van der Waals surface area contributed by atoms with Gasteiger partial charge >= 0.3 is 0 Å². The molecule has 0 aliphatic rings. The molecule has 0 saturated heterocycles. The number of carbonyl (C=O) groups is 4. The molecule has 0 fully saturated rings. The van der Waals surface area contributed by atoms with Crippen molar-refractivity contribution in [2.75, 3.05) is 21.1 Å². The van der Waals surface area contributed by atoms with Crippen LogP contribution in [0.15, 0.2) is 45.6 Å². The van der Waals surface area contributed by atoms with Crippen molar-refractivity contribution >= 4 is 23.6 Å². The van der Waals surface area contributed by atoms with Crippen LogP contribution in [-0.4, -0.2) is 95.3 Å². The van der Waals surface area contributed by atoms with Gasteiger partial charge in [-0.15, -0.1) is 0 Å². The Bertz CT molecular complexity index is 1870. The molecule has 0 aromatic carbocycles. The van der Waals surface area contributed by atoms with Gasteiger partial charge < -0.3 is 50.3 Å². The predicted octanol–water partition coefficient (Wildman–Crippen LogP) is 1.45. The summed E-state index contributed by atoms with van der Waals surface area (Å²) < 4.78 is 0. The van der Waals surface area contributed by atoms with E-state index in [-0.39, 0.29) is 91.9 Å². The lowest BCUT2D eigenvalue weighted by atomic mass is 9.82. The van der Waals surface area contributed by atoms with Gasteiger partial charge in [0.2, 0.25) is 39.9 Å². The molecule has 292 valence electrons. The van der Waals surface area contributed by atoms with Crippen LogP contribution in [0.2, 0.25) is 0 Å². The number of H-pyrrole nitrogens is 3. The van der Waals surface area contributed by atoms with Gasteiger partial charge in [-0.25, -0.2) is 0 Å². The smallest absolute Gasteiger partial charge is 0.243 e. The summed E-state index contributed by atoms with van der Waals surface area (Å²) in [6.45, 7) is 7.69. The Kier molecular flexibility index (Phi) is 14.2. The van der Waals surface area contributed by atoms with E-state index in [0.29, 0.717) is 0 Å². The molecule has 0 atom stereocenters. The lowest BCUT2D eigenvalue weighted by molar-refractivity contribution is -0.132. The fourth-order valence-electron chi connectivity index (χ4n) is 5.82. The molecule has 17 heteroatoms. The van der Waals surface area contributed by atoms with E-state index in [9.17, 15) is 48.9 Å². The first kappa shape index (κ1) is 42.3. The monoisotopic (exact) mass is 751 g/mol. The Morgan fingerprint density at radius 1 is 0.630 bits per heavy atom. The number of nitrogens with one attached hydrogen (secondary N) is 4. The number of carbonyl (C=O) groups excluding carboxylic acids is 4. The molecule has 3 aromatic rings. The molecular formula is C37H49N7O10. The van der Waals surface area contributed by atoms with Crippen LogP contribution in [0.5, 0.6) is 17.2 Å². The first-order chi connectivity index (χ1) is 25.3. The maximum absolute atomic E-state index is 13.4. The SMILES string of the molecule is C=CC(=O)NC(CCC(=O)N(C)Cc1c[nH]c(C)c(O)c1=O)(CCC(=O)N(C)Cc1c[nH]c(C)c(O)c1=O)CCC(=O)N(C)Cc1c[nH]c(C)c(O)c1=O. The van der Waals surface area contributed by atoms with E-state index in [4.69, 9.17) is 0 Å². The van der Waals surface area contributed by atoms with Crippen LogP contribution in [0.25, 0.3) is 0 Å². The van der Waals surface area contributed by atoms with Crippen molar-refractivity contribution in [2.24, 2.45) is 0 Å². The van der Waals surface area contributed by atoms with Crippen molar-refractivity contribution in [1.82, 2.24) is 35.0 Å². The first-order valence-electron chi connectivity index (χ1n) is 17.2. The summed E-state index contributed by atoms with van der Waals surface area (Å²) >= 11 is 0. The number of hydrogen-bond acceptors (Lipinski definition) is 10. The topological polar surface area (TPSA) is 249 Å². The minimum atomic E-state index is -1.33. The molecule has 0 spiro atoms. The summed E-state index contributed by atoms with van der Waals surface area (Å²) in [6.07, 6.45) is 4.53. The number of rotatable bonds is 17. The molecule has 0 radical (unpaired) electrons. The third-order valence-electron chi connectivity index (χ3n) is 9.50. The van der Waals surface area contributed by atoms with Crippen LogP contribution in [0.1, 0.15) is 72.3 Å². The summed E-state index contributed by atoms with van der Waals surface area (Å²) in [5.41, 5.74) is -1.97. The fourth-order valence-corrected chi connectivity index (χ4v) is 5.82. The molecule has 54 heavy (non-hydrogen) atoms. The normalized spacial score (nSPS) is 11.1. The highest BCUT2D eigenvalue weighted by Gasteiger charge is 2.34. The molecule has 0 bridgehead atoms. The van der Waals surface area contributed by atoms with E-state index in [2.05, 4.69) is 26.8 Å². The summed E-state index contributed by atoms with van der Waals surface area (Å²) in [4.78, 5) is 103. The maximum Gasteiger partial charge on any atom is 0.243 e. The van der Waals surface area contributed by atoms with E-state index < -0.39 is 62.7 Å². The Morgan fingerprint density at radius 3 is 1.17 bits per heavy atom. The number of aryl methyl sites for hydroxylation is 3. The Balaban J connectivity index is 1.87. The van der Waals surface area contributed by atoms with Crippen LogP contribution >= 0.6 is 0 Å². The minimum absolute atomic E-state index is 0.0454. The molecule has 0 saturated carbocycles. The van der Waals surface area contributed by atoms with Gasteiger partial charge in [-0.05, 0) is 46.1 Å². The Morgan fingerprint density at radius 2 is 0.907 bits per heavy atom. The zero-order valence-corrected chi connectivity index (χ0v) is 31.4. The predicted molar refractivity (Wildman–Crippen MR) is 199 cm³/mol. The van der Waals surface area contributed by atoms with Gasteiger partial charge in [0.1, 0.15) is 0 Å². The highest BCUT2D eigenvalue weighted by Crippen LogP contribution is 2.28. The fraction of sp³-hybridized carbons (Fsp3) is 0.432. The summed E-state index contributed by atoms with van der Waals surface area (Å²) in [5.74, 6) is -3.31. The van der Waals surface area contributed by atoms with Crippen molar-refractivity contribution in [3.8, 4) is 17.2 Å². The van der Waals surface area contributed by atoms with Crippen LogP contribution in [0, 0.1) is 20.8 Å². The van der Waals surface area contributed by atoms with E-state index in [1.807, 2.05) is 0 Å². The average Bonchev–Trinajstić information content (AvgIpc) is 3.15. The second-order valence-corrected chi connectivity index (χ2v) is 13.6. The van der Waals surface area contributed by atoms with E-state index in [1.54, 1.807) is 0 Å². The molecule has 17 nitrogen and oxygen atoms in total. The van der Waals surface area contributed by atoms with Gasteiger partial charge in [-0.1, -0.05) is 6.58 Å². The lowest BCUT2D eigenvalue weighted by Crippen LogP contribution is -2.50. The van der Waals surface area contributed by atoms with E-state index in [1.165, 1.54) is 75.2 Å². The van der Waals surface area contributed by atoms with Crippen molar-refractivity contribution in [2.45, 2.75) is 84.5 Å². The van der Waals surface area contributed by atoms with E-state index in [0.717, 1.165) is 6.08 Å². The van der Waals surface area contributed by atoms with Crippen LogP contribution in [0.3, 0.4) is 0 Å². The Labute approximate surface area is 311 Å². The van der Waals surface area contributed by atoms with Gasteiger partial charge in [0.15, 0.2) is 17.2 Å². The molecule has 4 amide bonds. The molecule has 0 aliphatic carbocycles. The standard InChI is InChI=1S/C37H49N7O10/c1-8-27(45)41-37(12-9-28(46)42(5)18-24-15-38-21(2)31(49)34(24)52,13-10-29(47)43(6)19-25-16-39-22(3)32(50)35(25)53)14-11-30(48)44(7)20-26-17-40-23(4)33(51)36(26)54/h8,15-17,49-51H,1,9-14,18-20H2,2-7H3,(H,38,52)(H,39,53)(H,40,54)(H,41,45). The zero-order valence-electron chi connectivity index (χ0n) is 31.4. The first-order valence-corrected chi connectivity index (χ1v) is 17.2. The second-order valence-electron chi connectivity index (χ2n) is 13.6. The molecule has 0 aliphatic heterocycles. The second kappa shape index (κ2) is 18.1. The van der Waals surface area contributed by atoms with Crippen molar-refractivity contribution in [1.29, 1.82) is 0 Å². The largest absolute Gasteiger partial charge is 0.503 e. The minimum Gasteiger partial charge on any atom is -0.503 e. The van der Waals surface area contributed by atoms with Crippen LogP contribution in [-0.2, 0) is 38.8 Å². The lowest BCUT2D eigenvalue weighted by Gasteiger charge is -2.36. The van der Waals surface area contributed by atoms with Crippen LogP contribution < -0.4 is 21.6 Å². The molecule has 7 N–H and O–H groups in total. The number of aromatic hydroxyl groups is 3.